The number of hydrogen-bond acceptors (Lipinski definition) is 4. The molecule has 0 saturated heterocycles. The molecule has 1 aromatic heterocycles. The van der Waals surface area contributed by atoms with Crippen LogP contribution in [0.4, 0.5) is 4.39 Å². The Kier molecular flexibility index (Phi) is 6.26. The maximum atomic E-state index is 13.8. The quantitative estimate of drug-likeness (QED) is 0.623. The molecule has 0 atom stereocenters. The molecule has 0 unspecified atom stereocenters. The summed E-state index contributed by atoms with van der Waals surface area (Å²) >= 11 is 6.13. The minimum Gasteiger partial charge on any atom is -0.348 e. The molecule has 0 aliphatic rings. The highest BCUT2D eigenvalue weighted by atomic mass is 35.5. The lowest BCUT2D eigenvalue weighted by atomic mass is 10.1. The maximum Gasteiger partial charge on any atom is 0.253 e. The van der Waals surface area contributed by atoms with E-state index in [4.69, 9.17) is 11.6 Å². The van der Waals surface area contributed by atoms with E-state index in [9.17, 15) is 17.6 Å². The van der Waals surface area contributed by atoms with Gasteiger partial charge in [0.15, 0.2) is 0 Å². The van der Waals surface area contributed by atoms with Gasteiger partial charge in [0, 0.05) is 23.3 Å². The molecule has 0 aliphatic heterocycles. The SMILES string of the molecule is CNS(=O)(=O)c1ccc(CNC(=O)c2ccc(-c3ccccc3F)nc2)c(Cl)c1. The summed E-state index contributed by atoms with van der Waals surface area (Å²) in [7, 11) is -2.29. The molecule has 6 nitrogen and oxygen atoms in total. The van der Waals surface area contributed by atoms with E-state index in [-0.39, 0.29) is 22.4 Å². The van der Waals surface area contributed by atoms with Crippen LogP contribution in [0.15, 0.2) is 65.7 Å². The van der Waals surface area contributed by atoms with Crippen LogP contribution in [0, 0.1) is 5.82 Å². The molecule has 0 aliphatic carbocycles. The Labute approximate surface area is 172 Å². The molecule has 2 N–H and O–H groups in total. The second-order valence-corrected chi connectivity index (χ2v) is 8.35. The molecule has 0 spiro atoms. The van der Waals surface area contributed by atoms with Crippen LogP contribution in [0.5, 0.6) is 0 Å². The number of hydrogen-bond donors (Lipinski definition) is 2. The number of sulfonamides is 1. The van der Waals surface area contributed by atoms with E-state index in [0.717, 1.165) is 0 Å². The molecule has 2 aromatic carbocycles. The number of carbonyl (C=O) groups excluding carboxylic acids is 1. The zero-order valence-corrected chi connectivity index (χ0v) is 16.9. The molecule has 150 valence electrons. The normalized spacial score (nSPS) is 11.3. The van der Waals surface area contributed by atoms with Crippen molar-refractivity contribution in [1.82, 2.24) is 15.0 Å². The molecule has 0 radical (unpaired) electrons. The summed E-state index contributed by atoms with van der Waals surface area (Å²) in [5, 5.41) is 2.91. The number of benzene rings is 2. The molecule has 0 saturated carbocycles. The number of nitrogens with zero attached hydrogens (tertiary/aromatic N) is 1. The fourth-order valence-electron chi connectivity index (χ4n) is 2.59. The van der Waals surface area contributed by atoms with Crippen molar-refractivity contribution in [3.8, 4) is 11.3 Å². The first kappa shape index (κ1) is 20.9. The fourth-order valence-corrected chi connectivity index (χ4v) is 3.66. The first-order chi connectivity index (χ1) is 13.8. The molecule has 0 bridgehead atoms. The second kappa shape index (κ2) is 8.69. The standard InChI is InChI=1S/C20H17ClFN3O3S/c1-23-29(27,28)15-8-6-13(17(21)10-15)11-25-20(26)14-7-9-19(24-12-14)16-4-2-3-5-18(16)22/h2-10,12,23H,11H2,1H3,(H,25,26). The van der Waals surface area contributed by atoms with Crippen molar-refractivity contribution in [1.29, 1.82) is 0 Å². The van der Waals surface area contributed by atoms with Gasteiger partial charge in [-0.05, 0) is 49.0 Å². The van der Waals surface area contributed by atoms with Crippen molar-refractivity contribution in [2.75, 3.05) is 7.05 Å². The third kappa shape index (κ3) is 4.79. The van der Waals surface area contributed by atoms with Gasteiger partial charge in [-0.1, -0.05) is 29.8 Å². The summed E-state index contributed by atoms with van der Waals surface area (Å²) in [4.78, 5) is 16.5. The minimum atomic E-state index is -3.60. The third-order valence-electron chi connectivity index (χ3n) is 4.22. The summed E-state index contributed by atoms with van der Waals surface area (Å²) < 4.78 is 39.6. The van der Waals surface area contributed by atoms with Crippen LogP contribution in [0.2, 0.25) is 5.02 Å². The number of rotatable bonds is 6. The van der Waals surface area contributed by atoms with Crippen molar-refractivity contribution in [2.45, 2.75) is 11.4 Å². The predicted molar refractivity (Wildman–Crippen MR) is 108 cm³/mol. The van der Waals surface area contributed by atoms with Gasteiger partial charge in [-0.2, -0.15) is 0 Å². The third-order valence-corrected chi connectivity index (χ3v) is 5.98. The Balaban J connectivity index is 1.69. The smallest absolute Gasteiger partial charge is 0.253 e. The van der Waals surface area contributed by atoms with Crippen LogP contribution in [0.25, 0.3) is 11.3 Å². The van der Waals surface area contributed by atoms with Crippen LogP contribution in [-0.4, -0.2) is 26.4 Å². The van der Waals surface area contributed by atoms with Crippen LogP contribution >= 0.6 is 11.6 Å². The lowest BCUT2D eigenvalue weighted by Gasteiger charge is -2.09. The molecule has 9 heteroatoms. The summed E-state index contributed by atoms with van der Waals surface area (Å²) in [5.74, 6) is -0.781. The van der Waals surface area contributed by atoms with Gasteiger partial charge in [-0.25, -0.2) is 17.5 Å². The van der Waals surface area contributed by atoms with Gasteiger partial charge in [0.2, 0.25) is 10.0 Å². The van der Waals surface area contributed by atoms with Crippen LogP contribution in [-0.2, 0) is 16.6 Å². The molecule has 1 heterocycles. The first-order valence-corrected chi connectivity index (χ1v) is 10.4. The Morgan fingerprint density at radius 2 is 1.90 bits per heavy atom. The average Bonchev–Trinajstić information content (AvgIpc) is 2.73. The zero-order chi connectivity index (χ0) is 21.0. The van der Waals surface area contributed by atoms with Crippen molar-refractivity contribution in [3.63, 3.8) is 0 Å². The highest BCUT2D eigenvalue weighted by Gasteiger charge is 2.14. The number of carbonyl (C=O) groups is 1. The maximum absolute atomic E-state index is 13.8. The van der Waals surface area contributed by atoms with Gasteiger partial charge in [-0.15, -0.1) is 0 Å². The van der Waals surface area contributed by atoms with E-state index in [1.807, 2.05) is 0 Å². The van der Waals surface area contributed by atoms with Gasteiger partial charge in [0.05, 0.1) is 16.2 Å². The lowest BCUT2D eigenvalue weighted by Crippen LogP contribution is -2.23. The van der Waals surface area contributed by atoms with E-state index in [2.05, 4.69) is 15.0 Å². The predicted octanol–water partition coefficient (Wildman–Crippen LogP) is 3.38. The fraction of sp³-hybridized carbons (Fsp3) is 0.100. The molecule has 1 amide bonds. The second-order valence-electron chi connectivity index (χ2n) is 6.06. The molecule has 29 heavy (non-hydrogen) atoms. The van der Waals surface area contributed by atoms with E-state index in [1.54, 1.807) is 30.3 Å². The highest BCUT2D eigenvalue weighted by Crippen LogP contribution is 2.22. The Hall–Kier alpha value is -2.81. The monoisotopic (exact) mass is 433 g/mol. The topological polar surface area (TPSA) is 88.2 Å². The van der Waals surface area contributed by atoms with Gasteiger partial charge in [-0.3, -0.25) is 9.78 Å². The highest BCUT2D eigenvalue weighted by molar-refractivity contribution is 7.89. The minimum absolute atomic E-state index is 0.0352. The van der Waals surface area contributed by atoms with Gasteiger partial charge in [0.25, 0.3) is 5.91 Å². The lowest BCUT2D eigenvalue weighted by molar-refractivity contribution is 0.0950. The van der Waals surface area contributed by atoms with Crippen molar-refractivity contribution < 1.29 is 17.6 Å². The average molecular weight is 434 g/mol. The number of halogens is 2. The molecular formula is C20H17ClFN3O3S. The molecule has 3 aromatic rings. The van der Waals surface area contributed by atoms with E-state index in [1.165, 1.54) is 37.5 Å². The van der Waals surface area contributed by atoms with Gasteiger partial charge in [0.1, 0.15) is 5.82 Å². The van der Waals surface area contributed by atoms with E-state index >= 15 is 0 Å². The zero-order valence-electron chi connectivity index (χ0n) is 15.3. The van der Waals surface area contributed by atoms with E-state index < -0.39 is 15.8 Å². The first-order valence-electron chi connectivity index (χ1n) is 8.53. The number of pyridine rings is 1. The Bertz CT molecular complexity index is 1150. The van der Waals surface area contributed by atoms with Crippen molar-refractivity contribution in [2.24, 2.45) is 0 Å². The summed E-state index contributed by atoms with van der Waals surface area (Å²) in [5.41, 5.74) is 1.63. The van der Waals surface area contributed by atoms with Crippen molar-refractivity contribution in [3.05, 3.63) is 82.8 Å². The Morgan fingerprint density at radius 1 is 1.14 bits per heavy atom. The number of nitrogens with one attached hydrogen (secondary N) is 2. The van der Waals surface area contributed by atoms with Gasteiger partial charge < -0.3 is 5.32 Å². The van der Waals surface area contributed by atoms with Crippen LogP contribution in [0.3, 0.4) is 0 Å². The summed E-state index contributed by atoms with van der Waals surface area (Å²) in [6.45, 7) is 0.104. The molecular weight excluding hydrogens is 417 g/mol. The molecule has 3 rings (SSSR count). The molecule has 0 fully saturated rings. The van der Waals surface area contributed by atoms with Gasteiger partial charge >= 0.3 is 0 Å². The Morgan fingerprint density at radius 3 is 2.52 bits per heavy atom. The van der Waals surface area contributed by atoms with Crippen molar-refractivity contribution >= 4 is 27.5 Å². The summed E-state index contributed by atoms with van der Waals surface area (Å²) in [6.07, 6.45) is 1.36. The van der Waals surface area contributed by atoms with E-state index in [0.29, 0.717) is 22.4 Å². The van der Waals surface area contributed by atoms with Crippen LogP contribution < -0.4 is 10.0 Å². The van der Waals surface area contributed by atoms with Crippen LogP contribution in [0.1, 0.15) is 15.9 Å². The summed E-state index contributed by atoms with van der Waals surface area (Å²) in [6, 6.07) is 13.6. The number of aromatic nitrogens is 1. The largest absolute Gasteiger partial charge is 0.348 e. The number of amides is 1.